The van der Waals surface area contributed by atoms with Gasteiger partial charge in [-0.25, -0.2) is 0 Å². The molecule has 1 aromatic heterocycles. The fourth-order valence-corrected chi connectivity index (χ4v) is 2.60. The molecule has 116 valence electrons. The van der Waals surface area contributed by atoms with Gasteiger partial charge in [0.1, 0.15) is 5.69 Å². The Hall–Kier alpha value is -2.14. The molecule has 1 saturated heterocycles. The van der Waals surface area contributed by atoms with Crippen LogP contribution in [0.5, 0.6) is 0 Å². The molecule has 0 aliphatic carbocycles. The van der Waals surface area contributed by atoms with Crippen LogP contribution in [0.3, 0.4) is 0 Å². The molecule has 3 rings (SSSR count). The van der Waals surface area contributed by atoms with Crippen LogP contribution in [0.4, 0.5) is 0 Å². The summed E-state index contributed by atoms with van der Waals surface area (Å²) in [5, 5.41) is 4.05. The Bertz CT molecular complexity index is 618. The van der Waals surface area contributed by atoms with E-state index in [0.29, 0.717) is 25.5 Å². The fraction of sp³-hybridized carbons (Fsp3) is 0.412. The topological polar surface area (TPSA) is 55.6 Å². The van der Waals surface area contributed by atoms with Crippen LogP contribution in [-0.2, 0) is 16.1 Å². The highest BCUT2D eigenvalue weighted by atomic mass is 16.5. The molecular formula is C17H20N2O3. The predicted molar refractivity (Wildman–Crippen MR) is 82.0 cm³/mol. The smallest absolute Gasteiger partial charge is 0.223 e. The Labute approximate surface area is 129 Å². The second-order valence-corrected chi connectivity index (χ2v) is 5.73. The number of carbonyl (C=O) groups excluding carboxylic acids is 1. The number of hydrogen-bond donors (Lipinski definition) is 0. The highest BCUT2D eigenvalue weighted by molar-refractivity contribution is 5.76. The lowest BCUT2D eigenvalue weighted by Gasteiger charge is -2.17. The van der Waals surface area contributed by atoms with E-state index in [1.165, 1.54) is 0 Å². The molecule has 1 fully saturated rings. The predicted octanol–water partition coefficient (Wildman–Crippen LogP) is 2.73. The first-order valence-electron chi connectivity index (χ1n) is 7.55. The summed E-state index contributed by atoms with van der Waals surface area (Å²) in [5.74, 6) is 1.20. The number of hydrogen-bond acceptors (Lipinski definition) is 4. The van der Waals surface area contributed by atoms with E-state index in [4.69, 9.17) is 9.26 Å². The second kappa shape index (κ2) is 6.75. The Morgan fingerprint density at radius 3 is 2.91 bits per heavy atom. The van der Waals surface area contributed by atoms with Crippen molar-refractivity contribution in [3.63, 3.8) is 0 Å². The summed E-state index contributed by atoms with van der Waals surface area (Å²) in [6.45, 7) is 1.93. The standard InChI is InChI=1S/C17H20N2O3/c1-19(17(20)9-13-7-8-21-12-13)11-15-10-16(22-18-15)14-5-3-2-4-6-14/h2-6,10,13H,7-9,11-12H2,1H3/t13-/m0/s1. The monoisotopic (exact) mass is 300 g/mol. The molecule has 1 aromatic carbocycles. The SMILES string of the molecule is CN(Cc1cc(-c2ccccc2)on1)C(=O)C[C@@H]1CCOC1. The molecule has 1 atom stereocenters. The zero-order chi connectivity index (χ0) is 15.4. The zero-order valence-electron chi connectivity index (χ0n) is 12.7. The Kier molecular flexibility index (Phi) is 4.53. The minimum absolute atomic E-state index is 0.125. The van der Waals surface area contributed by atoms with Gasteiger partial charge in [0.2, 0.25) is 5.91 Å². The summed E-state index contributed by atoms with van der Waals surface area (Å²) >= 11 is 0. The van der Waals surface area contributed by atoms with Gasteiger partial charge in [-0.05, 0) is 12.3 Å². The third kappa shape index (κ3) is 3.54. The molecule has 22 heavy (non-hydrogen) atoms. The van der Waals surface area contributed by atoms with Gasteiger partial charge >= 0.3 is 0 Å². The summed E-state index contributed by atoms with van der Waals surface area (Å²) in [6, 6.07) is 11.7. The van der Waals surface area contributed by atoms with Crippen molar-refractivity contribution in [2.24, 2.45) is 5.92 Å². The molecule has 0 saturated carbocycles. The molecule has 0 bridgehead atoms. The van der Waals surface area contributed by atoms with Gasteiger partial charge in [-0.1, -0.05) is 35.5 Å². The minimum atomic E-state index is 0.125. The van der Waals surface area contributed by atoms with Crippen molar-refractivity contribution in [3.05, 3.63) is 42.1 Å². The van der Waals surface area contributed by atoms with E-state index in [9.17, 15) is 4.79 Å². The molecule has 2 heterocycles. The van der Waals surface area contributed by atoms with Crippen LogP contribution in [0.1, 0.15) is 18.5 Å². The fourth-order valence-electron chi connectivity index (χ4n) is 2.60. The Morgan fingerprint density at radius 1 is 1.36 bits per heavy atom. The number of carbonyl (C=O) groups is 1. The van der Waals surface area contributed by atoms with Crippen molar-refractivity contribution < 1.29 is 14.1 Å². The van der Waals surface area contributed by atoms with E-state index in [1.807, 2.05) is 36.4 Å². The molecule has 5 heteroatoms. The zero-order valence-corrected chi connectivity index (χ0v) is 12.7. The molecule has 0 N–H and O–H groups in total. The Morgan fingerprint density at radius 2 is 2.18 bits per heavy atom. The van der Waals surface area contributed by atoms with Crippen LogP contribution in [-0.4, -0.2) is 36.2 Å². The van der Waals surface area contributed by atoms with Crippen molar-refractivity contribution in [3.8, 4) is 11.3 Å². The van der Waals surface area contributed by atoms with E-state index < -0.39 is 0 Å². The summed E-state index contributed by atoms with van der Waals surface area (Å²) in [7, 11) is 1.80. The van der Waals surface area contributed by atoms with Crippen LogP contribution >= 0.6 is 0 Å². The molecule has 1 aliphatic rings. The lowest BCUT2D eigenvalue weighted by molar-refractivity contribution is -0.131. The molecule has 1 amide bonds. The van der Waals surface area contributed by atoms with Crippen LogP contribution in [0.15, 0.2) is 40.9 Å². The maximum absolute atomic E-state index is 12.2. The van der Waals surface area contributed by atoms with Crippen molar-refractivity contribution in [2.75, 3.05) is 20.3 Å². The largest absolute Gasteiger partial charge is 0.381 e. The van der Waals surface area contributed by atoms with E-state index in [1.54, 1.807) is 11.9 Å². The molecular weight excluding hydrogens is 280 g/mol. The van der Waals surface area contributed by atoms with Gasteiger partial charge in [0.25, 0.3) is 0 Å². The van der Waals surface area contributed by atoms with Crippen LogP contribution < -0.4 is 0 Å². The van der Waals surface area contributed by atoms with E-state index in [0.717, 1.165) is 30.0 Å². The molecule has 0 unspecified atom stereocenters. The van der Waals surface area contributed by atoms with Gasteiger partial charge in [0, 0.05) is 38.3 Å². The number of rotatable bonds is 5. The highest BCUT2D eigenvalue weighted by Crippen LogP contribution is 2.21. The van der Waals surface area contributed by atoms with Gasteiger partial charge in [-0.2, -0.15) is 0 Å². The normalized spacial score (nSPS) is 17.6. The number of nitrogens with zero attached hydrogens (tertiary/aromatic N) is 2. The maximum Gasteiger partial charge on any atom is 0.223 e. The average molecular weight is 300 g/mol. The van der Waals surface area contributed by atoms with Gasteiger partial charge in [-0.3, -0.25) is 4.79 Å². The summed E-state index contributed by atoms with van der Waals surface area (Å²) in [5.41, 5.74) is 1.75. The quantitative estimate of drug-likeness (QED) is 0.852. The molecule has 1 aliphatic heterocycles. The van der Waals surface area contributed by atoms with Gasteiger partial charge in [0.05, 0.1) is 6.54 Å². The summed E-state index contributed by atoms with van der Waals surface area (Å²) in [6.07, 6.45) is 1.52. The van der Waals surface area contributed by atoms with Gasteiger partial charge in [-0.15, -0.1) is 0 Å². The van der Waals surface area contributed by atoms with Crippen LogP contribution in [0, 0.1) is 5.92 Å². The minimum Gasteiger partial charge on any atom is -0.381 e. The third-order valence-corrected chi connectivity index (χ3v) is 3.93. The van der Waals surface area contributed by atoms with Crippen molar-refractivity contribution in [1.82, 2.24) is 10.1 Å². The Balaban J connectivity index is 1.58. The first-order valence-corrected chi connectivity index (χ1v) is 7.55. The van der Waals surface area contributed by atoms with Crippen LogP contribution in [0.25, 0.3) is 11.3 Å². The first kappa shape index (κ1) is 14.8. The average Bonchev–Trinajstić information content (AvgIpc) is 3.20. The lowest BCUT2D eigenvalue weighted by Crippen LogP contribution is -2.28. The number of benzene rings is 1. The van der Waals surface area contributed by atoms with Gasteiger partial charge < -0.3 is 14.2 Å². The number of ether oxygens (including phenoxy) is 1. The van der Waals surface area contributed by atoms with Crippen molar-refractivity contribution in [1.29, 1.82) is 0 Å². The third-order valence-electron chi connectivity index (χ3n) is 3.93. The second-order valence-electron chi connectivity index (χ2n) is 5.73. The van der Waals surface area contributed by atoms with E-state index >= 15 is 0 Å². The van der Waals surface area contributed by atoms with Crippen LogP contribution in [0.2, 0.25) is 0 Å². The number of amides is 1. The molecule has 2 aromatic rings. The van der Waals surface area contributed by atoms with E-state index in [-0.39, 0.29) is 5.91 Å². The molecule has 0 radical (unpaired) electrons. The van der Waals surface area contributed by atoms with Crippen molar-refractivity contribution in [2.45, 2.75) is 19.4 Å². The first-order chi connectivity index (χ1) is 10.7. The molecule has 0 spiro atoms. The van der Waals surface area contributed by atoms with Gasteiger partial charge in [0.15, 0.2) is 5.76 Å². The lowest BCUT2D eigenvalue weighted by atomic mass is 10.0. The van der Waals surface area contributed by atoms with E-state index in [2.05, 4.69) is 5.16 Å². The number of aromatic nitrogens is 1. The summed E-state index contributed by atoms with van der Waals surface area (Å²) < 4.78 is 10.7. The van der Waals surface area contributed by atoms with Crippen molar-refractivity contribution >= 4 is 5.91 Å². The maximum atomic E-state index is 12.2. The summed E-state index contributed by atoms with van der Waals surface area (Å²) in [4.78, 5) is 13.9. The molecule has 5 nitrogen and oxygen atoms in total. The highest BCUT2D eigenvalue weighted by Gasteiger charge is 2.21.